The van der Waals surface area contributed by atoms with Crippen LogP contribution in [0.25, 0.3) is 0 Å². The summed E-state index contributed by atoms with van der Waals surface area (Å²) in [5, 5.41) is 0. The Hall–Kier alpha value is 0.0455. The second-order valence-corrected chi connectivity index (χ2v) is 2.54. The normalized spacial score (nSPS) is 5.14. The van der Waals surface area contributed by atoms with Gasteiger partial charge in [0, 0.05) is 0 Å². The molecule has 9 nitrogen and oxygen atoms in total. The van der Waals surface area contributed by atoms with Crippen LogP contribution >= 0.6 is 0 Å². The Morgan fingerprint density at radius 1 is 0.571 bits per heavy atom. The summed E-state index contributed by atoms with van der Waals surface area (Å²) in [4.78, 5) is 42.9. The topological polar surface area (TPSA) is 173 Å². The summed E-state index contributed by atoms with van der Waals surface area (Å²) < 4.78 is 26.2. The van der Waals surface area contributed by atoms with E-state index < -0.39 is 27.5 Å². The molecule has 6 N–H and O–H groups in total. The molecule has 0 saturated heterocycles. The largest absolute Gasteiger partial charge is 1.00 e. The van der Waals surface area contributed by atoms with Gasteiger partial charge in [0.25, 0.3) is 0 Å². The van der Waals surface area contributed by atoms with E-state index in [0.717, 1.165) is 0 Å². The number of hydrogen-bond donors (Lipinski definition) is 6. The minimum Gasteiger partial charge on any atom is -1.00 e. The van der Waals surface area contributed by atoms with Gasteiger partial charge in [-0.25, -0.2) is 0 Å². The molecule has 14 heavy (non-hydrogen) atoms. The molecule has 0 spiro atoms. The first-order valence-corrected chi connectivity index (χ1v) is 5.86. The molecule has 0 atom stereocenters. The van der Waals surface area contributed by atoms with Gasteiger partial charge >= 0.3 is 65.2 Å². The van der Waals surface area contributed by atoms with Crippen molar-refractivity contribution in [2.75, 3.05) is 0 Å². The molecule has 0 aromatic heterocycles. The smallest absolute Gasteiger partial charge is 1.00 e. The van der Waals surface area contributed by atoms with E-state index in [2.05, 4.69) is 0 Å². The molecule has 0 aromatic carbocycles. The third-order valence-corrected chi connectivity index (χ3v) is 0. The Bertz CT molecular complexity index is 124. The standard InChI is InChI=1S/2Li.3H2O3Si.2H/c;;3*1-4(2)3;;/h;;3*1-2H;;/q2*+1;;;;2*-1. The van der Waals surface area contributed by atoms with Gasteiger partial charge in [-0.05, 0) is 0 Å². The van der Waals surface area contributed by atoms with Crippen molar-refractivity contribution in [2.45, 2.75) is 0 Å². The second-order valence-electron chi connectivity index (χ2n) is 0.848. The van der Waals surface area contributed by atoms with Crippen LogP contribution in [0.4, 0.5) is 0 Å². The van der Waals surface area contributed by atoms with Crippen molar-refractivity contribution in [1.29, 1.82) is 0 Å². The minimum atomic E-state index is -3.13. The molecule has 14 heteroatoms. The van der Waals surface area contributed by atoms with E-state index in [4.69, 9.17) is 42.2 Å². The van der Waals surface area contributed by atoms with Crippen molar-refractivity contribution in [3.63, 3.8) is 0 Å². The molecule has 0 heterocycles. The molecule has 0 unspecified atom stereocenters. The predicted octanol–water partition coefficient (Wildman–Crippen LogP) is -10.6. The first kappa shape index (κ1) is 29.2. The van der Waals surface area contributed by atoms with Crippen LogP contribution in [0, 0.1) is 0 Å². The maximum Gasteiger partial charge on any atom is 1.00 e. The van der Waals surface area contributed by atoms with Crippen LogP contribution < -0.4 is 37.7 Å². The molecule has 0 rings (SSSR count). The Labute approximate surface area is 110 Å². The van der Waals surface area contributed by atoms with Gasteiger partial charge in [-0.1, -0.05) is 0 Å². The first-order valence-electron chi connectivity index (χ1n) is 1.95. The van der Waals surface area contributed by atoms with E-state index in [1.807, 2.05) is 0 Å². The summed E-state index contributed by atoms with van der Waals surface area (Å²) in [7, 11) is -9.39. The van der Waals surface area contributed by atoms with Gasteiger partial charge in [-0.2, -0.15) is 0 Å². The van der Waals surface area contributed by atoms with Gasteiger partial charge in [-0.15, -0.1) is 0 Å². The molecular weight excluding hydrogens is 242 g/mol. The zero-order valence-electron chi connectivity index (χ0n) is 9.41. The van der Waals surface area contributed by atoms with Crippen molar-refractivity contribution < 1.29 is 82.7 Å². The molecule has 0 amide bonds. The van der Waals surface area contributed by atoms with E-state index >= 15 is 0 Å². The quantitative estimate of drug-likeness (QED) is 0.228. The summed E-state index contributed by atoms with van der Waals surface area (Å²) in [6.07, 6.45) is 0. The van der Waals surface area contributed by atoms with Crippen LogP contribution in [0.2, 0.25) is 0 Å². The summed E-state index contributed by atoms with van der Waals surface area (Å²) in [5.74, 6) is 0. The Morgan fingerprint density at radius 2 is 0.571 bits per heavy atom. The number of hydrogen-bond acceptors (Lipinski definition) is 3. The molecule has 0 fully saturated rings. The molecule has 0 aromatic rings. The third kappa shape index (κ3) is 711000. The van der Waals surface area contributed by atoms with Gasteiger partial charge in [0.1, 0.15) is 0 Å². The monoisotopic (exact) mass is 250 g/mol. The van der Waals surface area contributed by atoms with Gasteiger partial charge in [0.05, 0.1) is 0 Å². The molecule has 76 valence electrons. The summed E-state index contributed by atoms with van der Waals surface area (Å²) >= 11 is 0. The van der Waals surface area contributed by atoms with E-state index in [0.29, 0.717) is 0 Å². The average molecular weight is 250 g/mol. The fraction of sp³-hybridized carbons (Fsp3) is 0. The van der Waals surface area contributed by atoms with Crippen LogP contribution in [-0.4, -0.2) is 56.3 Å². The molecule has 0 aliphatic rings. The number of rotatable bonds is 0. The maximum absolute atomic E-state index is 8.74. The van der Waals surface area contributed by atoms with E-state index in [1.54, 1.807) is 0 Å². The zero-order valence-corrected chi connectivity index (χ0v) is 10.4. The zero-order chi connectivity index (χ0) is 10.7. The summed E-state index contributed by atoms with van der Waals surface area (Å²) in [6, 6.07) is 0. The Morgan fingerprint density at radius 3 is 0.571 bits per heavy atom. The second kappa shape index (κ2) is 23.1. The molecule has 0 saturated carbocycles. The van der Waals surface area contributed by atoms with Crippen LogP contribution in [-0.2, 0) is 13.4 Å². The molecule has 0 aliphatic carbocycles. The van der Waals surface area contributed by atoms with Crippen molar-refractivity contribution in [2.24, 2.45) is 0 Å². The molecule has 0 bridgehead atoms. The average Bonchev–Trinajstić information content (AvgIpc) is 1.54. The van der Waals surface area contributed by atoms with E-state index in [1.165, 1.54) is 0 Å². The maximum atomic E-state index is 8.74. The van der Waals surface area contributed by atoms with Crippen LogP contribution in [0.3, 0.4) is 0 Å². The third-order valence-electron chi connectivity index (χ3n) is 0. The van der Waals surface area contributed by atoms with Gasteiger partial charge in [0.2, 0.25) is 0 Å². The Balaban J connectivity index is -0.0000000135. The van der Waals surface area contributed by atoms with Gasteiger partial charge in [0.15, 0.2) is 0 Å². The first-order chi connectivity index (χ1) is 5.20. The van der Waals surface area contributed by atoms with Crippen LogP contribution in [0.1, 0.15) is 2.85 Å². The fourth-order valence-electron chi connectivity index (χ4n) is 0. The van der Waals surface area contributed by atoms with Crippen molar-refractivity contribution in [3.05, 3.63) is 0 Å². The van der Waals surface area contributed by atoms with Crippen molar-refractivity contribution >= 4 is 27.5 Å². The summed E-state index contributed by atoms with van der Waals surface area (Å²) in [5.41, 5.74) is 0. The molecule has 0 radical (unpaired) electrons. The van der Waals surface area contributed by atoms with Gasteiger partial charge in [-0.3, -0.25) is 13.4 Å². The summed E-state index contributed by atoms with van der Waals surface area (Å²) in [6.45, 7) is 0. The fourth-order valence-corrected chi connectivity index (χ4v) is 0. The van der Waals surface area contributed by atoms with Crippen molar-refractivity contribution in [1.82, 2.24) is 0 Å². The van der Waals surface area contributed by atoms with E-state index in [9.17, 15) is 0 Å². The van der Waals surface area contributed by atoms with Crippen LogP contribution in [0.15, 0.2) is 0 Å². The molecule has 0 aliphatic heterocycles. The van der Waals surface area contributed by atoms with E-state index in [-0.39, 0.29) is 40.6 Å². The SMILES string of the molecule is O=[Si](O)O.O=[Si](O)O.O=[Si](O)O.[H-].[H-].[Li+].[Li+]. The van der Waals surface area contributed by atoms with Crippen LogP contribution in [0.5, 0.6) is 0 Å². The predicted molar refractivity (Wildman–Crippen MR) is 34.9 cm³/mol. The van der Waals surface area contributed by atoms with Gasteiger partial charge < -0.3 is 31.6 Å². The molecular formula is H8Li2O9Si3. The minimum absolute atomic E-state index is 0. The van der Waals surface area contributed by atoms with Crippen molar-refractivity contribution in [3.8, 4) is 0 Å². The Kier molecular flexibility index (Phi) is 48.3.